The van der Waals surface area contributed by atoms with Gasteiger partial charge in [0, 0.05) is 12.1 Å². The lowest BCUT2D eigenvalue weighted by Crippen LogP contribution is -2.32. The van der Waals surface area contributed by atoms with E-state index in [2.05, 4.69) is 0 Å². The maximum absolute atomic E-state index is 13.8. The van der Waals surface area contributed by atoms with Crippen molar-refractivity contribution in [2.75, 3.05) is 0 Å². The minimum atomic E-state index is -0.431. The Morgan fingerprint density at radius 1 is 0.769 bits per heavy atom. The maximum atomic E-state index is 13.8. The van der Waals surface area contributed by atoms with Crippen LogP contribution in [0.15, 0.2) is 78.9 Å². The van der Waals surface area contributed by atoms with Crippen LogP contribution in [0.3, 0.4) is 0 Å². The smallest absolute Gasteiger partial charge is 0.345 e. The third kappa shape index (κ3) is 3.96. The minimum absolute atomic E-state index is 0.136. The van der Waals surface area contributed by atoms with Gasteiger partial charge in [-0.25, -0.2) is 4.79 Å². The number of esters is 1. The molecule has 0 N–H and O–H groups in total. The number of carbonyl (C=O) groups excluding carboxylic acids is 3. The molecule has 6 nitrogen and oxygen atoms in total. The second kappa shape index (κ2) is 9.17. The van der Waals surface area contributed by atoms with Crippen molar-refractivity contribution in [3.05, 3.63) is 118 Å². The van der Waals surface area contributed by atoms with Crippen molar-refractivity contribution in [2.45, 2.75) is 27.3 Å². The van der Waals surface area contributed by atoms with Crippen LogP contribution in [-0.2, 0) is 13.6 Å². The highest BCUT2D eigenvalue weighted by molar-refractivity contribution is 6.21. The summed E-state index contributed by atoms with van der Waals surface area (Å²) in [6.45, 7) is 6.03. The summed E-state index contributed by atoms with van der Waals surface area (Å²) in [5.74, 6) is -0.461. The minimum Gasteiger partial charge on any atom is -0.422 e. The molecule has 0 unspecified atom stereocenters. The number of aromatic nitrogens is 1. The third-order valence-corrected chi connectivity index (χ3v) is 7.45. The number of rotatable bonds is 4. The van der Waals surface area contributed by atoms with E-state index >= 15 is 0 Å². The average molecular weight is 516 g/mol. The Morgan fingerprint density at radius 2 is 1.36 bits per heavy atom. The van der Waals surface area contributed by atoms with Crippen LogP contribution in [0.2, 0.25) is 0 Å². The summed E-state index contributed by atoms with van der Waals surface area (Å²) in [5.41, 5.74) is 6.69. The molecule has 4 aromatic carbocycles. The van der Waals surface area contributed by atoms with Gasteiger partial charge < -0.3 is 4.74 Å². The van der Waals surface area contributed by atoms with Crippen molar-refractivity contribution in [3.63, 3.8) is 0 Å². The van der Waals surface area contributed by atoms with Gasteiger partial charge in [0.15, 0.2) is 0 Å². The summed E-state index contributed by atoms with van der Waals surface area (Å²) in [5, 5.41) is 1.52. The molecule has 192 valence electrons. The van der Waals surface area contributed by atoms with Crippen molar-refractivity contribution in [1.29, 1.82) is 0 Å². The molecular formula is C33H27N2O4+. The van der Waals surface area contributed by atoms with Gasteiger partial charge in [-0.15, -0.1) is 0 Å². The lowest BCUT2D eigenvalue weighted by atomic mass is 10.00. The SMILES string of the molecule is Cc1cc(C)c(OC(=O)c2c3ccccc3[n+](C)c3cc(CN4C(=O)c5ccccc5C4=O)ccc23)c(C)c1. The van der Waals surface area contributed by atoms with E-state index in [0.29, 0.717) is 22.4 Å². The molecule has 6 rings (SSSR count). The number of imide groups is 1. The van der Waals surface area contributed by atoms with E-state index in [1.165, 1.54) is 4.90 Å². The monoisotopic (exact) mass is 515 g/mol. The highest BCUT2D eigenvalue weighted by Crippen LogP contribution is 2.31. The Labute approximate surface area is 226 Å². The maximum Gasteiger partial charge on any atom is 0.345 e. The van der Waals surface area contributed by atoms with Crippen molar-refractivity contribution in [3.8, 4) is 5.75 Å². The zero-order valence-electron chi connectivity index (χ0n) is 22.2. The molecule has 0 fully saturated rings. The first-order valence-corrected chi connectivity index (χ1v) is 12.8. The predicted octanol–water partition coefficient (Wildman–Crippen LogP) is 5.76. The lowest BCUT2D eigenvalue weighted by molar-refractivity contribution is -0.617. The van der Waals surface area contributed by atoms with Crippen LogP contribution in [0, 0.1) is 20.8 Å². The number of para-hydroxylation sites is 1. The lowest BCUT2D eigenvalue weighted by Gasteiger charge is -2.16. The van der Waals surface area contributed by atoms with E-state index in [1.807, 2.05) is 87.0 Å². The largest absolute Gasteiger partial charge is 0.422 e. The molecule has 0 saturated heterocycles. The van der Waals surface area contributed by atoms with Crippen molar-refractivity contribution >= 4 is 39.6 Å². The fraction of sp³-hybridized carbons (Fsp3) is 0.152. The van der Waals surface area contributed by atoms with Crippen molar-refractivity contribution in [1.82, 2.24) is 4.90 Å². The molecule has 6 heteroatoms. The molecular weight excluding hydrogens is 488 g/mol. The third-order valence-electron chi connectivity index (χ3n) is 7.45. The second-order valence-corrected chi connectivity index (χ2v) is 10.2. The topological polar surface area (TPSA) is 67.6 Å². The molecule has 1 aromatic heterocycles. The standard InChI is InChI=1S/C33H27N2O4/c1-19-15-20(2)30(21(3)16-19)39-33(38)29-25-11-7-8-12-27(25)34(4)28-17-22(13-14-26(28)29)18-35-31(36)23-9-5-6-10-24(23)32(35)37/h5-17H,18H2,1-4H3/q+1. The zero-order chi connectivity index (χ0) is 27.4. The Morgan fingerprint density at radius 3 is 2.03 bits per heavy atom. The number of benzene rings is 4. The first-order chi connectivity index (χ1) is 18.7. The number of ether oxygens (including phenoxy) is 1. The molecule has 0 saturated carbocycles. The molecule has 0 bridgehead atoms. The molecule has 0 aliphatic carbocycles. The Hall–Kier alpha value is -4.84. The van der Waals surface area contributed by atoms with Crippen molar-refractivity contribution < 1.29 is 23.7 Å². The van der Waals surface area contributed by atoms with E-state index in [4.69, 9.17) is 4.74 Å². The molecule has 1 aliphatic heterocycles. The van der Waals surface area contributed by atoms with Gasteiger partial charge in [0.2, 0.25) is 11.0 Å². The van der Waals surface area contributed by atoms with Gasteiger partial charge in [-0.05, 0) is 61.7 Å². The highest BCUT2D eigenvalue weighted by atomic mass is 16.5. The number of amides is 2. The summed E-state index contributed by atoms with van der Waals surface area (Å²) in [6, 6.07) is 24.3. The molecule has 0 atom stereocenters. The quantitative estimate of drug-likeness (QED) is 0.100. The number of pyridine rings is 1. The van der Waals surface area contributed by atoms with Crippen LogP contribution in [0.5, 0.6) is 5.75 Å². The van der Waals surface area contributed by atoms with Crippen LogP contribution in [0.1, 0.15) is 53.3 Å². The molecule has 0 spiro atoms. The van der Waals surface area contributed by atoms with Gasteiger partial charge in [0.05, 0.1) is 34.0 Å². The van der Waals surface area contributed by atoms with Crippen LogP contribution in [-0.4, -0.2) is 22.7 Å². The molecule has 0 radical (unpaired) electrons. The van der Waals surface area contributed by atoms with Gasteiger partial charge in [-0.2, -0.15) is 4.57 Å². The van der Waals surface area contributed by atoms with Crippen LogP contribution in [0.4, 0.5) is 0 Å². The summed E-state index contributed by atoms with van der Waals surface area (Å²) in [4.78, 5) is 41.0. The van der Waals surface area contributed by atoms with Crippen LogP contribution >= 0.6 is 0 Å². The second-order valence-electron chi connectivity index (χ2n) is 10.2. The van der Waals surface area contributed by atoms with E-state index in [-0.39, 0.29) is 18.4 Å². The van der Waals surface area contributed by atoms with Gasteiger partial charge in [-0.3, -0.25) is 14.5 Å². The number of aryl methyl sites for hydroxylation is 4. The fourth-order valence-corrected chi connectivity index (χ4v) is 5.67. The first-order valence-electron chi connectivity index (χ1n) is 12.8. The normalized spacial score (nSPS) is 12.9. The van der Waals surface area contributed by atoms with Gasteiger partial charge in [-0.1, -0.05) is 48.0 Å². The van der Waals surface area contributed by atoms with E-state index < -0.39 is 5.97 Å². The summed E-state index contributed by atoms with van der Waals surface area (Å²) in [7, 11) is 1.94. The van der Waals surface area contributed by atoms with Crippen LogP contribution in [0.25, 0.3) is 21.8 Å². The fourth-order valence-electron chi connectivity index (χ4n) is 5.67. The number of fused-ring (bicyclic) bond motifs is 3. The predicted molar refractivity (Wildman–Crippen MR) is 149 cm³/mol. The Kier molecular flexibility index (Phi) is 5.76. The number of hydrogen-bond donors (Lipinski definition) is 0. The van der Waals surface area contributed by atoms with Gasteiger partial charge in [0.1, 0.15) is 12.8 Å². The molecule has 2 heterocycles. The number of hydrogen-bond acceptors (Lipinski definition) is 4. The Balaban J connectivity index is 1.45. The number of carbonyl (C=O) groups is 3. The van der Waals surface area contributed by atoms with Crippen LogP contribution < -0.4 is 9.30 Å². The van der Waals surface area contributed by atoms with Gasteiger partial charge >= 0.3 is 5.97 Å². The summed E-state index contributed by atoms with van der Waals surface area (Å²) in [6.07, 6.45) is 0. The molecule has 39 heavy (non-hydrogen) atoms. The zero-order valence-corrected chi connectivity index (χ0v) is 22.2. The number of nitrogens with zero attached hydrogens (tertiary/aromatic N) is 2. The average Bonchev–Trinajstić information content (AvgIpc) is 3.16. The van der Waals surface area contributed by atoms with E-state index in [1.54, 1.807) is 24.3 Å². The molecule has 5 aromatic rings. The van der Waals surface area contributed by atoms with Gasteiger partial charge in [0.25, 0.3) is 11.8 Å². The van der Waals surface area contributed by atoms with E-state index in [9.17, 15) is 14.4 Å². The molecule has 2 amide bonds. The summed E-state index contributed by atoms with van der Waals surface area (Å²) >= 11 is 0. The first kappa shape index (κ1) is 24.5. The van der Waals surface area contributed by atoms with E-state index in [0.717, 1.165) is 44.1 Å². The summed E-state index contributed by atoms with van der Waals surface area (Å²) < 4.78 is 8.05. The molecule has 1 aliphatic rings. The Bertz CT molecular complexity index is 1810. The van der Waals surface area contributed by atoms with Crippen molar-refractivity contribution in [2.24, 2.45) is 7.05 Å². The highest BCUT2D eigenvalue weighted by Gasteiger charge is 2.35.